The van der Waals surface area contributed by atoms with Gasteiger partial charge in [0.05, 0.1) is 7.11 Å². The van der Waals surface area contributed by atoms with Crippen molar-refractivity contribution in [1.29, 1.82) is 0 Å². The molecule has 0 spiro atoms. The van der Waals surface area contributed by atoms with Gasteiger partial charge in [0.15, 0.2) is 5.11 Å². The summed E-state index contributed by atoms with van der Waals surface area (Å²) in [6.07, 6.45) is 4.00. The first-order valence-electron chi connectivity index (χ1n) is 9.22. The highest BCUT2D eigenvalue weighted by atomic mass is 32.1. The maximum atomic E-state index is 5.44. The Labute approximate surface area is 161 Å². The molecule has 0 aliphatic carbocycles. The number of methoxy groups -OCH3 is 1. The third-order valence-corrected chi connectivity index (χ3v) is 4.99. The lowest BCUT2D eigenvalue weighted by atomic mass is 10.0. The lowest BCUT2D eigenvalue weighted by Gasteiger charge is -2.27. The van der Waals surface area contributed by atoms with E-state index in [-0.39, 0.29) is 0 Å². The van der Waals surface area contributed by atoms with Crippen LogP contribution in [0.4, 0.5) is 5.69 Å². The zero-order chi connectivity index (χ0) is 18.2. The molecular weight excluding hydrogens is 342 g/mol. The summed E-state index contributed by atoms with van der Waals surface area (Å²) in [5.74, 6) is 0.834. The largest absolute Gasteiger partial charge is 0.497 e. The van der Waals surface area contributed by atoms with E-state index in [4.69, 9.17) is 17.0 Å². The minimum absolute atomic E-state index is 0.628. The van der Waals surface area contributed by atoms with Crippen molar-refractivity contribution in [2.24, 2.45) is 0 Å². The highest BCUT2D eigenvalue weighted by Gasteiger charge is 2.12. The van der Waals surface area contributed by atoms with Crippen LogP contribution in [-0.4, -0.2) is 30.2 Å². The quantitative estimate of drug-likeness (QED) is 0.748. The number of hydrogen-bond acceptors (Lipinski definition) is 3. The molecule has 2 aromatic rings. The first kappa shape index (κ1) is 18.7. The van der Waals surface area contributed by atoms with E-state index in [9.17, 15) is 0 Å². The number of likely N-dealkylation sites (tertiary alicyclic amines) is 1. The predicted octanol–water partition coefficient (Wildman–Crippen LogP) is 4.17. The molecule has 0 bridgehead atoms. The van der Waals surface area contributed by atoms with E-state index in [1.165, 1.54) is 43.5 Å². The number of anilines is 1. The maximum absolute atomic E-state index is 5.44. The van der Waals surface area contributed by atoms with E-state index in [0.717, 1.165) is 24.5 Å². The van der Waals surface area contributed by atoms with Crippen molar-refractivity contribution in [2.75, 3.05) is 25.5 Å². The maximum Gasteiger partial charge on any atom is 0.171 e. The highest BCUT2D eigenvalue weighted by molar-refractivity contribution is 7.80. The molecule has 26 heavy (non-hydrogen) atoms. The first-order valence-corrected chi connectivity index (χ1v) is 9.63. The van der Waals surface area contributed by atoms with E-state index in [2.05, 4.69) is 39.8 Å². The smallest absolute Gasteiger partial charge is 0.171 e. The summed E-state index contributed by atoms with van der Waals surface area (Å²) in [5, 5.41) is 7.17. The molecule has 1 fully saturated rings. The minimum Gasteiger partial charge on any atom is -0.497 e. The van der Waals surface area contributed by atoms with Crippen LogP contribution < -0.4 is 15.4 Å². The number of benzene rings is 2. The number of hydrogen-bond donors (Lipinski definition) is 2. The van der Waals surface area contributed by atoms with E-state index in [1.807, 2.05) is 24.3 Å². The number of nitrogens with zero attached hydrogens (tertiary/aromatic N) is 1. The summed E-state index contributed by atoms with van der Waals surface area (Å²) < 4.78 is 5.17. The Morgan fingerprint density at radius 1 is 1.00 bits per heavy atom. The van der Waals surface area contributed by atoms with E-state index in [1.54, 1.807) is 7.11 Å². The molecule has 0 amide bonds. The van der Waals surface area contributed by atoms with Gasteiger partial charge in [-0.1, -0.05) is 30.7 Å². The van der Waals surface area contributed by atoms with Crippen LogP contribution in [0.5, 0.6) is 5.75 Å². The van der Waals surface area contributed by atoms with Gasteiger partial charge in [-0.2, -0.15) is 0 Å². The van der Waals surface area contributed by atoms with Crippen molar-refractivity contribution in [2.45, 2.75) is 32.4 Å². The Morgan fingerprint density at radius 3 is 2.38 bits per heavy atom. The third kappa shape index (κ3) is 5.44. The Bertz CT molecular complexity index is 711. The first-order chi connectivity index (χ1) is 12.7. The predicted molar refractivity (Wildman–Crippen MR) is 112 cm³/mol. The Balaban J connectivity index is 1.54. The van der Waals surface area contributed by atoms with Crippen LogP contribution in [0.1, 0.15) is 30.4 Å². The molecule has 0 saturated carbocycles. The van der Waals surface area contributed by atoms with E-state index >= 15 is 0 Å². The molecule has 1 aliphatic heterocycles. The molecule has 0 atom stereocenters. The van der Waals surface area contributed by atoms with Crippen LogP contribution in [0.3, 0.4) is 0 Å². The average Bonchev–Trinajstić information content (AvgIpc) is 2.69. The molecule has 0 aromatic heterocycles. The fourth-order valence-electron chi connectivity index (χ4n) is 3.27. The van der Waals surface area contributed by atoms with E-state index < -0.39 is 0 Å². The molecule has 1 aliphatic rings. The molecule has 2 aromatic carbocycles. The second kappa shape index (κ2) is 9.55. The number of piperidine rings is 1. The van der Waals surface area contributed by atoms with Crippen LogP contribution in [0.25, 0.3) is 0 Å². The second-order valence-corrected chi connectivity index (χ2v) is 7.05. The Hall–Kier alpha value is -2.11. The molecular formula is C21H27N3OS. The normalized spacial score (nSPS) is 14.7. The van der Waals surface area contributed by atoms with Gasteiger partial charge in [-0.3, -0.25) is 4.90 Å². The van der Waals surface area contributed by atoms with Crippen LogP contribution >= 0.6 is 12.2 Å². The van der Waals surface area contributed by atoms with Crippen LogP contribution in [0.15, 0.2) is 48.5 Å². The monoisotopic (exact) mass is 369 g/mol. The topological polar surface area (TPSA) is 36.5 Å². The van der Waals surface area contributed by atoms with Gasteiger partial charge in [-0.05, 0) is 73.5 Å². The molecule has 4 nitrogen and oxygen atoms in total. The lowest BCUT2D eigenvalue weighted by molar-refractivity contribution is 0.220. The molecule has 138 valence electrons. The van der Waals surface area contributed by atoms with Gasteiger partial charge in [0, 0.05) is 18.8 Å². The van der Waals surface area contributed by atoms with Crippen molar-refractivity contribution in [3.05, 3.63) is 59.7 Å². The fraction of sp³-hybridized carbons (Fsp3) is 0.381. The number of rotatable bonds is 6. The Morgan fingerprint density at radius 2 is 1.69 bits per heavy atom. The zero-order valence-corrected chi connectivity index (χ0v) is 16.1. The molecule has 1 heterocycles. The van der Waals surface area contributed by atoms with E-state index in [0.29, 0.717) is 5.11 Å². The van der Waals surface area contributed by atoms with Gasteiger partial charge in [0.25, 0.3) is 0 Å². The Kier molecular flexibility index (Phi) is 6.86. The van der Waals surface area contributed by atoms with Gasteiger partial charge in [0.1, 0.15) is 5.75 Å². The highest BCUT2D eigenvalue weighted by Crippen LogP contribution is 2.17. The summed E-state index contributed by atoms with van der Waals surface area (Å²) in [5.41, 5.74) is 3.64. The minimum atomic E-state index is 0.628. The molecule has 0 radical (unpaired) electrons. The van der Waals surface area contributed by atoms with Crippen molar-refractivity contribution in [3.63, 3.8) is 0 Å². The van der Waals surface area contributed by atoms with Gasteiger partial charge in [-0.15, -0.1) is 0 Å². The molecule has 0 unspecified atom stereocenters. The summed E-state index contributed by atoms with van der Waals surface area (Å²) in [4.78, 5) is 2.55. The molecule has 2 N–H and O–H groups in total. The number of thiocarbonyl (C=S) groups is 1. The van der Waals surface area contributed by atoms with Crippen molar-refractivity contribution in [1.82, 2.24) is 10.2 Å². The molecule has 3 rings (SSSR count). The second-order valence-electron chi connectivity index (χ2n) is 6.64. The van der Waals surface area contributed by atoms with Crippen LogP contribution in [0, 0.1) is 0 Å². The van der Waals surface area contributed by atoms with Gasteiger partial charge in [-0.25, -0.2) is 0 Å². The van der Waals surface area contributed by atoms with Crippen LogP contribution in [-0.2, 0) is 13.1 Å². The molecule has 1 saturated heterocycles. The number of ether oxygens (including phenoxy) is 1. The van der Waals surface area contributed by atoms with Crippen molar-refractivity contribution >= 4 is 23.0 Å². The SMILES string of the molecule is COc1ccc(NC(=S)NCc2ccccc2CN2CCCCC2)cc1. The van der Waals surface area contributed by atoms with Gasteiger partial charge in [0.2, 0.25) is 0 Å². The van der Waals surface area contributed by atoms with Gasteiger partial charge < -0.3 is 15.4 Å². The number of nitrogens with one attached hydrogen (secondary N) is 2. The lowest BCUT2D eigenvalue weighted by Crippen LogP contribution is -2.31. The summed E-state index contributed by atoms with van der Waals surface area (Å²) >= 11 is 5.44. The van der Waals surface area contributed by atoms with Crippen molar-refractivity contribution < 1.29 is 4.74 Å². The van der Waals surface area contributed by atoms with Gasteiger partial charge >= 0.3 is 0 Å². The summed E-state index contributed by atoms with van der Waals surface area (Å²) in [7, 11) is 1.66. The summed E-state index contributed by atoms with van der Waals surface area (Å²) in [6.45, 7) is 4.17. The van der Waals surface area contributed by atoms with Crippen LogP contribution in [0.2, 0.25) is 0 Å². The third-order valence-electron chi connectivity index (χ3n) is 4.75. The zero-order valence-electron chi connectivity index (χ0n) is 15.3. The molecule has 5 heteroatoms. The average molecular weight is 370 g/mol. The van der Waals surface area contributed by atoms with Crippen molar-refractivity contribution in [3.8, 4) is 5.75 Å². The fourth-order valence-corrected chi connectivity index (χ4v) is 3.46. The standard InChI is InChI=1S/C21H27N3OS/c1-25-20-11-9-19(10-12-20)23-21(26)22-15-17-7-3-4-8-18(17)16-24-13-5-2-6-14-24/h3-4,7-12H,2,5-6,13-16H2,1H3,(H2,22,23,26). The summed E-state index contributed by atoms with van der Waals surface area (Å²) in [6, 6.07) is 16.4.